The van der Waals surface area contributed by atoms with Gasteiger partial charge in [0.25, 0.3) is 0 Å². The largest absolute Gasteiger partial charge is 0.379 e. The van der Waals surface area contributed by atoms with E-state index in [1.165, 1.54) is 77.0 Å². The van der Waals surface area contributed by atoms with Crippen molar-refractivity contribution >= 4 is 5.78 Å². The number of carbonyl (C=O) groups is 1. The van der Waals surface area contributed by atoms with Crippen LogP contribution >= 0.6 is 0 Å². The molecule has 2 atom stereocenters. The molecule has 0 aliphatic carbocycles. The van der Waals surface area contributed by atoms with Gasteiger partial charge in [-0.2, -0.15) is 0 Å². The highest BCUT2D eigenvalue weighted by molar-refractivity contribution is 5.78. The summed E-state index contributed by atoms with van der Waals surface area (Å²) >= 11 is 0. The number of carbonyl (C=O) groups excluding carboxylic acids is 1. The van der Waals surface area contributed by atoms with Crippen LogP contribution in [0.4, 0.5) is 0 Å². The van der Waals surface area contributed by atoms with Crippen LogP contribution in [0.15, 0.2) is 0 Å². The smallest absolute Gasteiger partial charge is 0.132 e. The van der Waals surface area contributed by atoms with Crippen LogP contribution in [0.25, 0.3) is 0 Å². The van der Waals surface area contributed by atoms with E-state index in [9.17, 15) is 4.79 Å². The van der Waals surface area contributed by atoms with Gasteiger partial charge in [-0.25, -0.2) is 0 Å². The molecular formula is C25H50O3. The summed E-state index contributed by atoms with van der Waals surface area (Å²) in [6.07, 6.45) is 21.9. The van der Waals surface area contributed by atoms with Crippen molar-refractivity contribution < 1.29 is 14.3 Å². The molecule has 0 N–H and O–H groups in total. The van der Waals surface area contributed by atoms with Crippen LogP contribution in [0.3, 0.4) is 0 Å². The molecule has 0 aromatic rings. The number of ketones is 1. The molecule has 0 aromatic carbocycles. The fourth-order valence-corrected chi connectivity index (χ4v) is 3.99. The van der Waals surface area contributed by atoms with Crippen molar-refractivity contribution in [1.29, 1.82) is 0 Å². The fraction of sp³-hybridized carbons (Fsp3) is 0.960. The summed E-state index contributed by atoms with van der Waals surface area (Å²) in [7, 11) is 3.55. The first-order valence-electron chi connectivity index (χ1n) is 12.3. The maximum absolute atomic E-state index is 12.0. The molecule has 168 valence electrons. The van der Waals surface area contributed by atoms with Gasteiger partial charge in [0.15, 0.2) is 0 Å². The highest BCUT2D eigenvalue weighted by Crippen LogP contribution is 2.16. The van der Waals surface area contributed by atoms with Gasteiger partial charge in [-0.05, 0) is 25.7 Å². The summed E-state index contributed by atoms with van der Waals surface area (Å²) in [5.74, 6) is 0.480. The van der Waals surface area contributed by atoms with Gasteiger partial charge in [-0.15, -0.1) is 0 Å². The third kappa shape index (κ3) is 16.5. The first kappa shape index (κ1) is 27.6. The monoisotopic (exact) mass is 398 g/mol. The van der Waals surface area contributed by atoms with Gasteiger partial charge >= 0.3 is 0 Å². The average Bonchev–Trinajstić information content (AvgIpc) is 2.71. The Morgan fingerprint density at radius 2 is 1.04 bits per heavy atom. The molecule has 0 amide bonds. The Labute approximate surface area is 176 Å². The molecule has 0 saturated carbocycles. The molecule has 0 aromatic heterocycles. The van der Waals surface area contributed by atoms with Crippen molar-refractivity contribution in [1.82, 2.24) is 0 Å². The summed E-state index contributed by atoms with van der Waals surface area (Å²) in [4.78, 5) is 12.0. The van der Waals surface area contributed by atoms with E-state index in [2.05, 4.69) is 13.8 Å². The minimum absolute atomic E-state index is 0.212. The standard InChI is InChI=1S/C25H50O3/c1-5-7-8-9-10-11-12-14-17-20-23(26)21-18-15-13-16-19-22-25(28-4)24(6-2)27-3/h24-25H,5-22H2,1-4H3. The van der Waals surface area contributed by atoms with Gasteiger partial charge in [0.2, 0.25) is 0 Å². The van der Waals surface area contributed by atoms with Crippen molar-refractivity contribution in [2.45, 2.75) is 142 Å². The molecule has 0 aliphatic heterocycles. The number of methoxy groups -OCH3 is 2. The molecule has 3 heteroatoms. The van der Waals surface area contributed by atoms with E-state index in [1.807, 2.05) is 0 Å². The minimum Gasteiger partial charge on any atom is -0.379 e. The van der Waals surface area contributed by atoms with Crippen LogP contribution < -0.4 is 0 Å². The van der Waals surface area contributed by atoms with Crippen LogP contribution in [-0.2, 0) is 14.3 Å². The summed E-state index contributed by atoms with van der Waals surface area (Å²) in [6, 6.07) is 0. The maximum Gasteiger partial charge on any atom is 0.132 e. The lowest BCUT2D eigenvalue weighted by Gasteiger charge is -2.23. The molecule has 0 spiro atoms. The highest BCUT2D eigenvalue weighted by atomic mass is 16.5. The van der Waals surface area contributed by atoms with Gasteiger partial charge in [-0.1, -0.05) is 90.9 Å². The molecule has 0 bridgehead atoms. The lowest BCUT2D eigenvalue weighted by atomic mass is 10.0. The van der Waals surface area contributed by atoms with Crippen LogP contribution in [0, 0.1) is 0 Å². The third-order valence-electron chi connectivity index (χ3n) is 5.93. The first-order chi connectivity index (χ1) is 13.7. The van der Waals surface area contributed by atoms with Gasteiger partial charge in [-0.3, -0.25) is 4.79 Å². The van der Waals surface area contributed by atoms with E-state index >= 15 is 0 Å². The highest BCUT2D eigenvalue weighted by Gasteiger charge is 2.18. The van der Waals surface area contributed by atoms with Crippen molar-refractivity contribution in [3.63, 3.8) is 0 Å². The fourth-order valence-electron chi connectivity index (χ4n) is 3.99. The Morgan fingerprint density at radius 3 is 1.46 bits per heavy atom. The van der Waals surface area contributed by atoms with E-state index in [-0.39, 0.29) is 12.2 Å². The number of hydrogen-bond acceptors (Lipinski definition) is 3. The zero-order chi connectivity index (χ0) is 20.9. The number of Topliss-reactive ketones (excluding diaryl/α,β-unsaturated/α-hetero) is 1. The Balaban J connectivity index is 3.41. The maximum atomic E-state index is 12.0. The molecule has 0 rings (SSSR count). The zero-order valence-corrected chi connectivity index (χ0v) is 19.6. The van der Waals surface area contributed by atoms with Crippen molar-refractivity contribution in [2.24, 2.45) is 0 Å². The van der Waals surface area contributed by atoms with Gasteiger partial charge in [0.1, 0.15) is 5.78 Å². The van der Waals surface area contributed by atoms with Crippen LogP contribution in [0.1, 0.15) is 129 Å². The van der Waals surface area contributed by atoms with Crippen molar-refractivity contribution in [3.8, 4) is 0 Å². The second kappa shape index (κ2) is 21.3. The molecule has 0 heterocycles. The number of hydrogen-bond donors (Lipinski definition) is 0. The SMILES string of the molecule is CCCCCCCCCCCC(=O)CCCCCCCC(OC)C(CC)OC. The lowest BCUT2D eigenvalue weighted by Crippen LogP contribution is -2.29. The molecule has 0 saturated heterocycles. The number of rotatable bonds is 22. The molecule has 3 nitrogen and oxygen atoms in total. The predicted molar refractivity (Wildman–Crippen MR) is 121 cm³/mol. The Hall–Kier alpha value is -0.410. The Bertz CT molecular complexity index is 326. The molecular weight excluding hydrogens is 348 g/mol. The van der Waals surface area contributed by atoms with E-state index in [4.69, 9.17) is 9.47 Å². The molecule has 0 aliphatic rings. The lowest BCUT2D eigenvalue weighted by molar-refractivity contribution is -0.119. The van der Waals surface area contributed by atoms with Gasteiger partial charge < -0.3 is 9.47 Å². The van der Waals surface area contributed by atoms with E-state index < -0.39 is 0 Å². The zero-order valence-electron chi connectivity index (χ0n) is 19.6. The summed E-state index contributed by atoms with van der Waals surface area (Å²) in [6.45, 7) is 4.41. The molecule has 2 unspecified atom stereocenters. The van der Waals surface area contributed by atoms with E-state index in [0.29, 0.717) is 5.78 Å². The van der Waals surface area contributed by atoms with Crippen molar-refractivity contribution in [2.75, 3.05) is 14.2 Å². The normalized spacial score (nSPS) is 13.6. The minimum atomic E-state index is 0.212. The molecule has 28 heavy (non-hydrogen) atoms. The quantitative estimate of drug-likeness (QED) is 0.176. The topological polar surface area (TPSA) is 35.5 Å². The predicted octanol–water partition coefficient (Wildman–Crippen LogP) is 7.65. The van der Waals surface area contributed by atoms with Crippen LogP contribution in [0.2, 0.25) is 0 Å². The average molecular weight is 399 g/mol. The number of ether oxygens (including phenoxy) is 2. The molecule has 0 fully saturated rings. The van der Waals surface area contributed by atoms with Crippen molar-refractivity contribution in [3.05, 3.63) is 0 Å². The Morgan fingerprint density at radius 1 is 0.607 bits per heavy atom. The Kier molecular flexibility index (Phi) is 21.0. The summed E-state index contributed by atoms with van der Waals surface area (Å²) in [5, 5.41) is 0. The summed E-state index contributed by atoms with van der Waals surface area (Å²) in [5.41, 5.74) is 0. The second-order valence-corrected chi connectivity index (χ2v) is 8.38. The van der Waals surface area contributed by atoms with Crippen LogP contribution in [-0.4, -0.2) is 32.2 Å². The van der Waals surface area contributed by atoms with E-state index in [0.717, 1.165) is 38.5 Å². The first-order valence-corrected chi connectivity index (χ1v) is 12.3. The van der Waals surface area contributed by atoms with E-state index in [1.54, 1.807) is 14.2 Å². The number of unbranched alkanes of at least 4 members (excludes halogenated alkanes) is 12. The third-order valence-corrected chi connectivity index (χ3v) is 5.93. The summed E-state index contributed by atoms with van der Waals surface area (Å²) < 4.78 is 11.1. The second-order valence-electron chi connectivity index (χ2n) is 8.38. The van der Waals surface area contributed by atoms with Crippen LogP contribution in [0.5, 0.6) is 0 Å². The van der Waals surface area contributed by atoms with Gasteiger partial charge in [0, 0.05) is 27.1 Å². The van der Waals surface area contributed by atoms with Gasteiger partial charge in [0.05, 0.1) is 12.2 Å². The molecule has 0 radical (unpaired) electrons.